The van der Waals surface area contributed by atoms with Gasteiger partial charge in [0.1, 0.15) is 0 Å². The van der Waals surface area contributed by atoms with E-state index in [1.165, 1.54) is 161 Å². The van der Waals surface area contributed by atoms with E-state index in [-0.39, 0.29) is 0 Å². The maximum absolute atomic E-state index is 2.95. The molecule has 0 spiro atoms. The highest BCUT2D eigenvalue weighted by atomic mass is 15.1. The van der Waals surface area contributed by atoms with Crippen LogP contribution >= 0.6 is 0 Å². The topological polar surface area (TPSA) is 6.48 Å². The maximum atomic E-state index is 2.95. The summed E-state index contributed by atoms with van der Waals surface area (Å²) < 4.78 is 0. The van der Waals surface area contributed by atoms with Crippen molar-refractivity contribution in [2.45, 2.75) is 128 Å². The second-order valence-electron chi connectivity index (χ2n) is 12.7. The van der Waals surface area contributed by atoms with Gasteiger partial charge in [-0.2, -0.15) is 0 Å². The average Bonchev–Trinajstić information content (AvgIpc) is 2.85. The second kappa shape index (κ2) is 15.7. The molecule has 34 heavy (non-hydrogen) atoms. The molecule has 0 aliphatic carbocycles. The number of piperidine rings is 2. The molecule has 0 aromatic heterocycles. The Bertz CT molecular complexity index is 557. The van der Waals surface area contributed by atoms with Gasteiger partial charge in [0.15, 0.2) is 0 Å². The van der Waals surface area contributed by atoms with E-state index in [2.05, 4.69) is 22.0 Å². The summed E-state index contributed by atoms with van der Waals surface area (Å²) in [6, 6.07) is 0. The SMILES string of the molecule is C1=C\CCCC[C@@H]2CN3CCCCCCCCCC[C@H]4C[C@H](CN(CCCCCC/1)C4)[C@H]2CC3. The van der Waals surface area contributed by atoms with Gasteiger partial charge >= 0.3 is 0 Å². The Kier molecular flexibility index (Phi) is 12.3. The molecule has 196 valence electrons. The highest BCUT2D eigenvalue weighted by molar-refractivity contribution is 4.91. The number of fused-ring (bicyclic) bond motifs is 11. The van der Waals surface area contributed by atoms with Gasteiger partial charge in [0, 0.05) is 19.6 Å². The summed E-state index contributed by atoms with van der Waals surface area (Å²) in [7, 11) is 0. The van der Waals surface area contributed by atoms with Crippen LogP contribution in [0.15, 0.2) is 12.2 Å². The molecule has 0 aromatic carbocycles. The van der Waals surface area contributed by atoms with Crippen molar-refractivity contribution in [2.24, 2.45) is 23.7 Å². The molecule has 5 heterocycles. The first-order chi connectivity index (χ1) is 16.9. The van der Waals surface area contributed by atoms with Crippen molar-refractivity contribution in [1.29, 1.82) is 0 Å². The molecule has 5 aliphatic heterocycles. The highest BCUT2D eigenvalue weighted by Crippen LogP contribution is 2.40. The number of nitrogens with zero attached hydrogens (tertiary/aromatic N) is 2. The van der Waals surface area contributed by atoms with Crippen molar-refractivity contribution in [1.82, 2.24) is 9.80 Å². The molecule has 0 amide bonds. The summed E-state index contributed by atoms with van der Waals surface area (Å²) in [5.41, 5.74) is 0. The van der Waals surface area contributed by atoms with Crippen molar-refractivity contribution in [3.05, 3.63) is 12.2 Å². The molecule has 0 radical (unpaired) electrons. The lowest BCUT2D eigenvalue weighted by Crippen LogP contribution is -2.49. The molecule has 0 saturated carbocycles. The first-order valence-corrected chi connectivity index (χ1v) is 16.0. The zero-order chi connectivity index (χ0) is 23.3. The Balaban J connectivity index is 1.46. The monoisotopic (exact) mass is 470 g/mol. The Morgan fingerprint density at radius 2 is 1.03 bits per heavy atom. The van der Waals surface area contributed by atoms with Gasteiger partial charge in [0.2, 0.25) is 0 Å². The van der Waals surface area contributed by atoms with Crippen molar-refractivity contribution < 1.29 is 0 Å². The summed E-state index contributed by atoms with van der Waals surface area (Å²) in [5, 5.41) is 0. The molecular formula is C32H58N2. The fraction of sp³-hybridized carbons (Fsp3) is 0.938. The minimum absolute atomic E-state index is 0.967. The van der Waals surface area contributed by atoms with E-state index >= 15 is 0 Å². The van der Waals surface area contributed by atoms with Crippen LogP contribution < -0.4 is 0 Å². The molecule has 6 atom stereocenters. The van der Waals surface area contributed by atoms with Crippen LogP contribution in [0.3, 0.4) is 0 Å². The van der Waals surface area contributed by atoms with Gasteiger partial charge in [0.25, 0.3) is 0 Å². The molecule has 2 heteroatoms. The fourth-order valence-corrected chi connectivity index (χ4v) is 7.99. The molecular weight excluding hydrogens is 412 g/mol. The lowest BCUT2D eigenvalue weighted by Gasteiger charge is -2.47. The van der Waals surface area contributed by atoms with E-state index in [0.29, 0.717) is 0 Å². The predicted octanol–water partition coefficient (Wildman–Crippen LogP) is 8.47. The zero-order valence-corrected chi connectivity index (χ0v) is 22.7. The zero-order valence-electron chi connectivity index (χ0n) is 22.7. The normalized spacial score (nSPS) is 39.3. The number of allylic oxidation sites excluding steroid dienone is 2. The fourth-order valence-electron chi connectivity index (χ4n) is 7.99. The van der Waals surface area contributed by atoms with E-state index in [1.807, 2.05) is 0 Å². The molecule has 4 saturated heterocycles. The largest absolute Gasteiger partial charge is 0.303 e. The van der Waals surface area contributed by atoms with Gasteiger partial charge in [0.05, 0.1) is 0 Å². The van der Waals surface area contributed by atoms with Crippen molar-refractivity contribution >= 4 is 0 Å². The summed E-state index contributed by atoms with van der Waals surface area (Å²) in [6.45, 7) is 8.42. The third-order valence-corrected chi connectivity index (χ3v) is 9.92. The first kappa shape index (κ1) is 26.7. The van der Waals surface area contributed by atoms with Gasteiger partial charge in [-0.05, 0) is 108 Å². The van der Waals surface area contributed by atoms with E-state index in [0.717, 1.165) is 23.7 Å². The van der Waals surface area contributed by atoms with Crippen LogP contribution in [0.5, 0.6) is 0 Å². The summed E-state index contributed by atoms with van der Waals surface area (Å²) in [4.78, 5) is 5.84. The van der Waals surface area contributed by atoms with Crippen LogP contribution in [-0.2, 0) is 0 Å². The number of hydrogen-bond acceptors (Lipinski definition) is 2. The first-order valence-electron chi connectivity index (χ1n) is 16.0. The van der Waals surface area contributed by atoms with Crippen LogP contribution in [-0.4, -0.2) is 49.1 Å². The van der Waals surface area contributed by atoms with Crippen LogP contribution in [0, 0.1) is 23.7 Å². The number of hydrogen-bond donors (Lipinski definition) is 0. The van der Waals surface area contributed by atoms with E-state index < -0.39 is 0 Å². The van der Waals surface area contributed by atoms with Crippen molar-refractivity contribution in [3.8, 4) is 0 Å². The van der Waals surface area contributed by atoms with Crippen LogP contribution in [0.25, 0.3) is 0 Å². The van der Waals surface area contributed by atoms with Gasteiger partial charge < -0.3 is 9.80 Å². The van der Waals surface area contributed by atoms with Crippen molar-refractivity contribution in [2.75, 3.05) is 39.3 Å². The summed E-state index contributed by atoms with van der Waals surface area (Å²) in [5.74, 6) is 3.94. The second-order valence-corrected chi connectivity index (χ2v) is 12.7. The van der Waals surface area contributed by atoms with Gasteiger partial charge in [-0.1, -0.05) is 76.4 Å². The molecule has 2 unspecified atom stereocenters. The summed E-state index contributed by atoms with van der Waals surface area (Å²) in [6.07, 6.45) is 34.1. The van der Waals surface area contributed by atoms with E-state index in [4.69, 9.17) is 0 Å². The van der Waals surface area contributed by atoms with Gasteiger partial charge in [-0.3, -0.25) is 0 Å². The van der Waals surface area contributed by atoms with Gasteiger partial charge in [-0.25, -0.2) is 0 Å². The molecule has 6 bridgehead atoms. The van der Waals surface area contributed by atoms with Crippen LogP contribution in [0.1, 0.15) is 128 Å². The Hall–Kier alpha value is -0.340. The van der Waals surface area contributed by atoms with E-state index in [1.54, 1.807) is 6.42 Å². The minimum atomic E-state index is 0.967. The maximum Gasteiger partial charge on any atom is 0.00127 e. The highest BCUT2D eigenvalue weighted by Gasteiger charge is 2.38. The molecule has 2 nitrogen and oxygen atoms in total. The van der Waals surface area contributed by atoms with Crippen LogP contribution in [0.2, 0.25) is 0 Å². The smallest absolute Gasteiger partial charge is 0.00127 e. The minimum Gasteiger partial charge on any atom is -0.303 e. The lowest BCUT2D eigenvalue weighted by atomic mass is 9.69. The Morgan fingerprint density at radius 1 is 0.441 bits per heavy atom. The predicted molar refractivity (Wildman–Crippen MR) is 148 cm³/mol. The molecule has 0 aromatic rings. The van der Waals surface area contributed by atoms with Gasteiger partial charge in [-0.15, -0.1) is 0 Å². The molecule has 5 aliphatic rings. The van der Waals surface area contributed by atoms with E-state index in [9.17, 15) is 0 Å². The molecule has 4 fully saturated rings. The Labute approximate surface area is 213 Å². The third-order valence-electron chi connectivity index (χ3n) is 9.92. The summed E-state index contributed by atoms with van der Waals surface area (Å²) >= 11 is 0. The Morgan fingerprint density at radius 3 is 1.82 bits per heavy atom. The quantitative estimate of drug-likeness (QED) is 0.328. The molecule has 0 N–H and O–H groups in total. The van der Waals surface area contributed by atoms with Crippen molar-refractivity contribution in [3.63, 3.8) is 0 Å². The standard InChI is InChI=1S/C32H58N2/c1-2-5-10-14-18-23-34-26-29-19-15-11-7-4-6-9-13-17-22-33-24-21-32(31(25-29)28-34)30(27-33)20-16-12-8-3-1/h1,3,29-32H,2,4-28H2/b3-1-/t29-,30+,31+,32-/m0/s1. The average molecular weight is 471 g/mol. The van der Waals surface area contributed by atoms with Crippen LogP contribution in [0.4, 0.5) is 0 Å². The third kappa shape index (κ3) is 9.27. The molecule has 5 rings (SSSR count). The lowest BCUT2D eigenvalue weighted by molar-refractivity contribution is 0.0185. The number of rotatable bonds is 0.